The van der Waals surface area contributed by atoms with Crippen LogP contribution in [0.1, 0.15) is 30.1 Å². The molecule has 7 nitrogen and oxygen atoms in total. The number of aromatic nitrogens is 2. The van der Waals surface area contributed by atoms with Crippen LogP contribution in [0.15, 0.2) is 35.4 Å². The summed E-state index contributed by atoms with van der Waals surface area (Å²) in [5.74, 6) is -2.24. The highest BCUT2D eigenvalue weighted by Crippen LogP contribution is 2.05. The molecule has 2 aromatic rings. The van der Waals surface area contributed by atoms with Gasteiger partial charge < -0.3 is 10.4 Å². The molecule has 0 aliphatic heterocycles. The van der Waals surface area contributed by atoms with E-state index in [2.05, 4.69) is 10.3 Å². The van der Waals surface area contributed by atoms with Gasteiger partial charge in [0.2, 0.25) is 0 Å². The minimum Gasteiger partial charge on any atom is -0.481 e. The van der Waals surface area contributed by atoms with Crippen molar-refractivity contribution in [2.45, 2.75) is 19.8 Å². The fourth-order valence-electron chi connectivity index (χ4n) is 2.15. The Labute approximate surface area is 126 Å². The predicted molar refractivity (Wildman–Crippen MR) is 79.8 cm³/mol. The molecule has 0 aromatic carbocycles. The van der Waals surface area contributed by atoms with E-state index in [0.29, 0.717) is 18.5 Å². The second kappa shape index (κ2) is 6.84. The molecule has 0 saturated carbocycles. The van der Waals surface area contributed by atoms with Crippen molar-refractivity contribution in [3.63, 3.8) is 0 Å². The van der Waals surface area contributed by atoms with E-state index in [1.807, 2.05) is 6.92 Å². The number of carboxylic acids is 1. The second-order valence-corrected chi connectivity index (χ2v) is 4.94. The largest absolute Gasteiger partial charge is 0.481 e. The fraction of sp³-hybridized carbons (Fsp3) is 0.333. The van der Waals surface area contributed by atoms with Crippen LogP contribution in [0.4, 0.5) is 0 Å². The van der Waals surface area contributed by atoms with Gasteiger partial charge in [-0.05, 0) is 18.6 Å². The van der Waals surface area contributed by atoms with E-state index >= 15 is 0 Å². The Bertz CT molecular complexity index is 754. The summed E-state index contributed by atoms with van der Waals surface area (Å²) in [7, 11) is 0. The molecule has 0 bridgehead atoms. The minimum atomic E-state index is -0.962. The summed E-state index contributed by atoms with van der Waals surface area (Å²) in [6, 6.07) is 5.06. The minimum absolute atomic E-state index is 0.0149. The number of pyridine rings is 1. The molecular formula is C15H17N3O4. The van der Waals surface area contributed by atoms with Crippen LogP contribution in [-0.2, 0) is 4.79 Å². The Hall–Kier alpha value is -2.70. The topological polar surface area (TPSA) is 101 Å². The highest BCUT2D eigenvalue weighted by Gasteiger charge is 2.19. The van der Waals surface area contributed by atoms with Gasteiger partial charge in [0.05, 0.1) is 5.92 Å². The van der Waals surface area contributed by atoms with Crippen molar-refractivity contribution in [1.82, 2.24) is 14.7 Å². The van der Waals surface area contributed by atoms with Crippen LogP contribution < -0.4 is 10.9 Å². The SMILES string of the molecule is CCCC(CNC(=O)c1cnc2ccccn2c1=O)C(=O)O. The molecule has 1 atom stereocenters. The molecule has 1 amide bonds. The predicted octanol–water partition coefficient (Wildman–Crippen LogP) is 0.925. The first kappa shape index (κ1) is 15.7. The lowest BCUT2D eigenvalue weighted by atomic mass is 10.0. The highest BCUT2D eigenvalue weighted by molar-refractivity contribution is 5.93. The quantitative estimate of drug-likeness (QED) is 0.826. The van der Waals surface area contributed by atoms with Gasteiger partial charge in [-0.25, -0.2) is 4.98 Å². The first-order valence-corrected chi connectivity index (χ1v) is 7.02. The normalized spacial score (nSPS) is 12.0. The van der Waals surface area contributed by atoms with Gasteiger partial charge in [-0.2, -0.15) is 0 Å². The van der Waals surface area contributed by atoms with Gasteiger partial charge in [-0.3, -0.25) is 18.8 Å². The van der Waals surface area contributed by atoms with Crippen molar-refractivity contribution in [1.29, 1.82) is 0 Å². The lowest BCUT2D eigenvalue weighted by Crippen LogP contribution is -2.36. The van der Waals surface area contributed by atoms with Gasteiger partial charge in [0.25, 0.3) is 11.5 Å². The number of carboxylic acid groups (broad SMARTS) is 1. The average molecular weight is 303 g/mol. The fourth-order valence-corrected chi connectivity index (χ4v) is 2.15. The van der Waals surface area contributed by atoms with Gasteiger partial charge in [0, 0.05) is 18.9 Å². The number of carbonyl (C=O) groups excluding carboxylic acids is 1. The van der Waals surface area contributed by atoms with Crippen LogP contribution in [0.2, 0.25) is 0 Å². The van der Waals surface area contributed by atoms with Crippen LogP contribution in [0.25, 0.3) is 5.65 Å². The summed E-state index contributed by atoms with van der Waals surface area (Å²) in [6.07, 6.45) is 3.90. The maximum atomic E-state index is 12.2. The van der Waals surface area contributed by atoms with Crippen LogP contribution in [0.5, 0.6) is 0 Å². The summed E-state index contributed by atoms with van der Waals surface area (Å²) < 4.78 is 1.27. The van der Waals surface area contributed by atoms with E-state index in [1.54, 1.807) is 18.2 Å². The van der Waals surface area contributed by atoms with E-state index in [9.17, 15) is 14.4 Å². The van der Waals surface area contributed by atoms with Gasteiger partial charge in [-0.1, -0.05) is 19.4 Å². The molecule has 22 heavy (non-hydrogen) atoms. The average Bonchev–Trinajstić information content (AvgIpc) is 2.51. The maximum Gasteiger partial charge on any atom is 0.308 e. The number of nitrogens with one attached hydrogen (secondary N) is 1. The molecule has 0 radical (unpaired) electrons. The summed E-state index contributed by atoms with van der Waals surface area (Å²) in [5, 5.41) is 11.6. The number of aliphatic carboxylic acids is 1. The number of hydrogen-bond donors (Lipinski definition) is 2. The van der Waals surface area contributed by atoms with E-state index in [1.165, 1.54) is 16.8 Å². The second-order valence-electron chi connectivity index (χ2n) is 4.94. The maximum absolute atomic E-state index is 12.2. The van der Waals surface area contributed by atoms with Crippen LogP contribution in [0.3, 0.4) is 0 Å². The summed E-state index contributed by atoms with van der Waals surface area (Å²) in [5.41, 5.74) is -0.145. The molecule has 116 valence electrons. The summed E-state index contributed by atoms with van der Waals surface area (Å²) in [6.45, 7) is 1.86. The van der Waals surface area contributed by atoms with E-state index in [-0.39, 0.29) is 12.1 Å². The molecule has 0 fully saturated rings. The zero-order valence-corrected chi connectivity index (χ0v) is 12.2. The number of nitrogens with zero attached hydrogens (tertiary/aromatic N) is 2. The third-order valence-electron chi connectivity index (χ3n) is 3.35. The molecular weight excluding hydrogens is 286 g/mol. The van der Waals surface area contributed by atoms with Gasteiger partial charge >= 0.3 is 5.97 Å². The van der Waals surface area contributed by atoms with E-state index < -0.39 is 23.4 Å². The van der Waals surface area contributed by atoms with Crippen molar-refractivity contribution in [3.05, 3.63) is 46.5 Å². The molecule has 0 aliphatic carbocycles. The molecule has 2 rings (SSSR count). The lowest BCUT2D eigenvalue weighted by Gasteiger charge is -2.12. The zero-order valence-electron chi connectivity index (χ0n) is 12.2. The summed E-state index contributed by atoms with van der Waals surface area (Å²) >= 11 is 0. The van der Waals surface area contributed by atoms with Crippen LogP contribution in [0, 0.1) is 5.92 Å². The van der Waals surface area contributed by atoms with Crippen LogP contribution >= 0.6 is 0 Å². The molecule has 0 saturated heterocycles. The molecule has 2 N–H and O–H groups in total. The Morgan fingerprint density at radius 3 is 2.86 bits per heavy atom. The van der Waals surface area contributed by atoms with Crippen molar-refractivity contribution < 1.29 is 14.7 Å². The Kier molecular flexibility index (Phi) is 4.88. The van der Waals surface area contributed by atoms with Gasteiger partial charge in [0.1, 0.15) is 11.2 Å². The lowest BCUT2D eigenvalue weighted by molar-refractivity contribution is -0.141. The Morgan fingerprint density at radius 2 is 2.18 bits per heavy atom. The molecule has 0 spiro atoms. The Balaban J connectivity index is 2.18. The van der Waals surface area contributed by atoms with Crippen LogP contribution in [-0.4, -0.2) is 32.9 Å². The third-order valence-corrected chi connectivity index (χ3v) is 3.35. The number of amides is 1. The first-order valence-electron chi connectivity index (χ1n) is 7.02. The van der Waals surface area contributed by atoms with Gasteiger partial charge in [0.15, 0.2) is 0 Å². The molecule has 2 aromatic heterocycles. The first-order chi connectivity index (χ1) is 10.5. The monoisotopic (exact) mass is 303 g/mol. The zero-order chi connectivity index (χ0) is 16.1. The van der Waals surface area contributed by atoms with Gasteiger partial charge in [-0.15, -0.1) is 0 Å². The molecule has 1 unspecified atom stereocenters. The number of rotatable bonds is 6. The van der Waals surface area contributed by atoms with Crippen molar-refractivity contribution >= 4 is 17.5 Å². The third kappa shape index (κ3) is 3.30. The Morgan fingerprint density at radius 1 is 1.41 bits per heavy atom. The number of fused-ring (bicyclic) bond motifs is 1. The number of carbonyl (C=O) groups is 2. The smallest absolute Gasteiger partial charge is 0.308 e. The van der Waals surface area contributed by atoms with E-state index in [0.717, 1.165) is 0 Å². The van der Waals surface area contributed by atoms with Crippen molar-refractivity contribution in [2.24, 2.45) is 5.92 Å². The summed E-state index contributed by atoms with van der Waals surface area (Å²) in [4.78, 5) is 39.4. The molecule has 2 heterocycles. The molecule has 7 heteroatoms. The molecule has 0 aliphatic rings. The van der Waals surface area contributed by atoms with Crippen molar-refractivity contribution in [3.8, 4) is 0 Å². The van der Waals surface area contributed by atoms with E-state index in [4.69, 9.17) is 5.11 Å². The highest BCUT2D eigenvalue weighted by atomic mass is 16.4. The number of hydrogen-bond acceptors (Lipinski definition) is 4. The standard InChI is InChI=1S/C15H17N3O4/c1-2-5-10(15(21)22)8-17-13(19)11-9-16-12-6-3-4-7-18(12)14(11)20/h3-4,6-7,9-10H,2,5,8H2,1H3,(H,17,19)(H,21,22). The van der Waals surface area contributed by atoms with Crippen molar-refractivity contribution in [2.75, 3.05) is 6.54 Å².